The lowest BCUT2D eigenvalue weighted by molar-refractivity contribution is 0.102. The molecule has 0 aliphatic carbocycles. The number of nitrogens with zero attached hydrogens (tertiary/aromatic N) is 3. The molecular weight excluding hydrogens is 244 g/mol. The second kappa shape index (κ2) is 4.50. The maximum absolute atomic E-state index is 11.8. The first-order valence-electron chi connectivity index (χ1n) is 4.80. The van der Waals surface area contributed by atoms with Crippen molar-refractivity contribution < 1.29 is 9.32 Å². The molecule has 0 fully saturated rings. The standard InChI is InChI=1S/C10H9ClN4O2/c1-5-3-8(11)7(4-12-5)9(16)14-10-13-6(2)15-17-10/h3-4H,1-2H3,(H,13,14,15,16). The molecule has 1 N–H and O–H groups in total. The number of hydrogen-bond donors (Lipinski definition) is 1. The van der Waals surface area contributed by atoms with Crippen LogP contribution in [0.3, 0.4) is 0 Å². The molecule has 6 nitrogen and oxygen atoms in total. The van der Waals surface area contributed by atoms with Crippen molar-refractivity contribution in [3.63, 3.8) is 0 Å². The number of hydrogen-bond acceptors (Lipinski definition) is 5. The van der Waals surface area contributed by atoms with Gasteiger partial charge in [0, 0.05) is 11.9 Å². The second-order valence-electron chi connectivity index (χ2n) is 3.41. The van der Waals surface area contributed by atoms with E-state index in [0.29, 0.717) is 10.8 Å². The Balaban J connectivity index is 2.20. The summed E-state index contributed by atoms with van der Waals surface area (Å²) in [6.07, 6.45) is 1.40. The molecule has 0 atom stereocenters. The third-order valence-electron chi connectivity index (χ3n) is 1.98. The zero-order chi connectivity index (χ0) is 12.4. The van der Waals surface area contributed by atoms with Crippen LogP contribution in [0.2, 0.25) is 5.02 Å². The van der Waals surface area contributed by atoms with Crippen LogP contribution in [0.25, 0.3) is 0 Å². The fourth-order valence-corrected chi connectivity index (χ4v) is 1.50. The van der Waals surface area contributed by atoms with Crippen LogP contribution in [0.15, 0.2) is 16.8 Å². The van der Waals surface area contributed by atoms with Crippen LogP contribution in [0.4, 0.5) is 6.01 Å². The summed E-state index contributed by atoms with van der Waals surface area (Å²) in [5, 5.41) is 6.31. The first kappa shape index (κ1) is 11.5. The van der Waals surface area contributed by atoms with Crippen LogP contribution in [0.5, 0.6) is 0 Å². The van der Waals surface area contributed by atoms with E-state index in [1.807, 2.05) is 0 Å². The van der Waals surface area contributed by atoms with Crippen molar-refractivity contribution in [1.29, 1.82) is 0 Å². The minimum Gasteiger partial charge on any atom is -0.315 e. The quantitative estimate of drug-likeness (QED) is 0.884. The predicted octanol–water partition coefficient (Wildman–Crippen LogP) is 1.99. The van der Waals surface area contributed by atoms with Crippen molar-refractivity contribution in [2.24, 2.45) is 0 Å². The Hall–Kier alpha value is -1.95. The summed E-state index contributed by atoms with van der Waals surface area (Å²) in [5.41, 5.74) is 0.994. The van der Waals surface area contributed by atoms with Gasteiger partial charge in [-0.2, -0.15) is 4.98 Å². The van der Waals surface area contributed by atoms with Crippen molar-refractivity contribution in [3.8, 4) is 0 Å². The van der Waals surface area contributed by atoms with Crippen LogP contribution in [-0.4, -0.2) is 21.0 Å². The van der Waals surface area contributed by atoms with Gasteiger partial charge in [-0.15, -0.1) is 0 Å². The lowest BCUT2D eigenvalue weighted by Gasteiger charge is -2.02. The van der Waals surface area contributed by atoms with Gasteiger partial charge in [0.15, 0.2) is 5.82 Å². The predicted molar refractivity (Wildman–Crippen MR) is 61.0 cm³/mol. The second-order valence-corrected chi connectivity index (χ2v) is 3.81. The van der Waals surface area contributed by atoms with Crippen LogP contribution < -0.4 is 5.32 Å². The van der Waals surface area contributed by atoms with E-state index in [4.69, 9.17) is 16.1 Å². The molecule has 88 valence electrons. The molecule has 1 amide bonds. The molecule has 17 heavy (non-hydrogen) atoms. The average molecular weight is 253 g/mol. The van der Waals surface area contributed by atoms with E-state index < -0.39 is 5.91 Å². The van der Waals surface area contributed by atoms with E-state index in [1.54, 1.807) is 19.9 Å². The fraction of sp³-hybridized carbons (Fsp3) is 0.200. The molecule has 2 aromatic heterocycles. The number of rotatable bonds is 2. The molecule has 0 unspecified atom stereocenters. The molecule has 0 aliphatic rings. The zero-order valence-corrected chi connectivity index (χ0v) is 9.95. The van der Waals surface area contributed by atoms with Gasteiger partial charge >= 0.3 is 6.01 Å². The Labute approximate surface area is 102 Å². The minimum absolute atomic E-state index is 0.0316. The number of anilines is 1. The van der Waals surface area contributed by atoms with Crippen molar-refractivity contribution in [1.82, 2.24) is 15.1 Å². The molecule has 0 radical (unpaired) electrons. The number of carbonyl (C=O) groups is 1. The van der Waals surface area contributed by atoms with E-state index in [0.717, 1.165) is 5.69 Å². The highest BCUT2D eigenvalue weighted by atomic mass is 35.5. The Kier molecular flexibility index (Phi) is 3.06. The third kappa shape index (κ3) is 2.59. The van der Waals surface area contributed by atoms with Gasteiger partial charge in [0.25, 0.3) is 5.91 Å². The number of nitrogens with one attached hydrogen (secondary N) is 1. The van der Waals surface area contributed by atoms with Gasteiger partial charge in [-0.1, -0.05) is 16.8 Å². The number of amides is 1. The SMILES string of the molecule is Cc1cc(Cl)c(C(=O)Nc2nc(C)no2)cn1. The minimum atomic E-state index is -0.439. The van der Waals surface area contributed by atoms with Gasteiger partial charge in [0.05, 0.1) is 10.6 Å². The van der Waals surface area contributed by atoms with Crippen molar-refractivity contribution in [2.45, 2.75) is 13.8 Å². The molecular formula is C10H9ClN4O2. The molecule has 2 aromatic rings. The van der Waals surface area contributed by atoms with Crippen molar-refractivity contribution >= 4 is 23.5 Å². The van der Waals surface area contributed by atoms with Gasteiger partial charge in [-0.05, 0) is 19.9 Å². The summed E-state index contributed by atoms with van der Waals surface area (Å²) >= 11 is 5.93. The topological polar surface area (TPSA) is 80.9 Å². The summed E-state index contributed by atoms with van der Waals surface area (Å²) in [5.74, 6) is -0.000391. The lowest BCUT2D eigenvalue weighted by Crippen LogP contribution is -2.13. The highest BCUT2D eigenvalue weighted by Gasteiger charge is 2.14. The van der Waals surface area contributed by atoms with Gasteiger partial charge < -0.3 is 4.52 Å². The maximum Gasteiger partial charge on any atom is 0.328 e. The van der Waals surface area contributed by atoms with Crippen LogP contribution in [0.1, 0.15) is 21.9 Å². The lowest BCUT2D eigenvalue weighted by atomic mass is 10.2. The van der Waals surface area contributed by atoms with Crippen LogP contribution in [0, 0.1) is 13.8 Å². The van der Waals surface area contributed by atoms with Gasteiger partial charge in [-0.25, -0.2) is 0 Å². The smallest absolute Gasteiger partial charge is 0.315 e. The Morgan fingerprint density at radius 2 is 2.24 bits per heavy atom. The molecule has 7 heteroatoms. The number of halogens is 1. The molecule has 0 saturated heterocycles. The largest absolute Gasteiger partial charge is 0.328 e. The number of aryl methyl sites for hydroxylation is 2. The van der Waals surface area contributed by atoms with Gasteiger partial charge in [-0.3, -0.25) is 15.1 Å². The summed E-state index contributed by atoms with van der Waals surface area (Å²) in [6.45, 7) is 3.44. The molecule has 0 bridgehead atoms. The van der Waals surface area contributed by atoms with E-state index >= 15 is 0 Å². The van der Waals surface area contributed by atoms with E-state index in [1.165, 1.54) is 6.20 Å². The molecule has 0 aliphatic heterocycles. The zero-order valence-electron chi connectivity index (χ0n) is 9.19. The molecule has 0 spiro atoms. The van der Waals surface area contributed by atoms with Crippen molar-refractivity contribution in [3.05, 3.63) is 34.4 Å². The van der Waals surface area contributed by atoms with E-state index in [9.17, 15) is 4.79 Å². The van der Waals surface area contributed by atoms with Gasteiger partial charge in [0.2, 0.25) is 0 Å². The highest BCUT2D eigenvalue weighted by molar-refractivity contribution is 6.34. The number of aromatic nitrogens is 3. The average Bonchev–Trinajstić information content (AvgIpc) is 2.63. The number of pyridine rings is 1. The fourth-order valence-electron chi connectivity index (χ4n) is 1.21. The molecule has 0 saturated carbocycles. The van der Waals surface area contributed by atoms with Crippen LogP contribution >= 0.6 is 11.6 Å². The first-order chi connectivity index (χ1) is 8.06. The summed E-state index contributed by atoms with van der Waals surface area (Å²) in [7, 11) is 0. The Bertz CT molecular complexity index is 567. The first-order valence-corrected chi connectivity index (χ1v) is 5.18. The molecule has 0 aromatic carbocycles. The summed E-state index contributed by atoms with van der Waals surface area (Å²) in [4.78, 5) is 19.6. The van der Waals surface area contributed by atoms with E-state index in [2.05, 4.69) is 20.4 Å². The third-order valence-corrected chi connectivity index (χ3v) is 2.30. The highest BCUT2D eigenvalue weighted by Crippen LogP contribution is 2.17. The normalized spacial score (nSPS) is 10.3. The monoisotopic (exact) mass is 252 g/mol. The van der Waals surface area contributed by atoms with Crippen LogP contribution in [-0.2, 0) is 0 Å². The Morgan fingerprint density at radius 3 is 2.82 bits per heavy atom. The van der Waals surface area contributed by atoms with Gasteiger partial charge in [0.1, 0.15) is 0 Å². The molecule has 2 heterocycles. The van der Waals surface area contributed by atoms with Crippen molar-refractivity contribution in [2.75, 3.05) is 5.32 Å². The summed E-state index contributed by atoms with van der Waals surface area (Å²) in [6, 6.07) is 1.64. The number of carbonyl (C=O) groups excluding carboxylic acids is 1. The Morgan fingerprint density at radius 1 is 1.47 bits per heavy atom. The summed E-state index contributed by atoms with van der Waals surface area (Å²) < 4.78 is 4.76. The molecule has 2 rings (SSSR count). The van der Waals surface area contributed by atoms with E-state index in [-0.39, 0.29) is 11.6 Å². The maximum atomic E-state index is 11.8.